The summed E-state index contributed by atoms with van der Waals surface area (Å²) in [6, 6.07) is 17.5. The van der Waals surface area contributed by atoms with Crippen LogP contribution in [-0.2, 0) is 16.0 Å². The molecule has 2 aromatic rings. The van der Waals surface area contributed by atoms with E-state index in [1.165, 1.54) is 0 Å². The average molecular weight is 318 g/mol. The highest BCUT2D eigenvalue weighted by Gasteiger charge is 2.16. The molecule has 0 aromatic heterocycles. The summed E-state index contributed by atoms with van der Waals surface area (Å²) in [5.74, 6) is -0.0252. The molecule has 0 radical (unpaired) electrons. The van der Waals surface area contributed by atoms with Gasteiger partial charge in [-0.3, -0.25) is 4.79 Å². The number of methoxy groups -OCH3 is 1. The first-order valence-electron chi connectivity index (χ1n) is 7.27. The van der Waals surface area contributed by atoms with Crippen LogP contribution in [0.5, 0.6) is 0 Å². The molecule has 0 fully saturated rings. The Bertz CT molecular complexity index is 601. The molecule has 0 aliphatic rings. The molecule has 1 atom stereocenters. The lowest BCUT2D eigenvalue weighted by Crippen LogP contribution is -2.30. The van der Waals surface area contributed by atoms with Crippen LogP contribution in [0.3, 0.4) is 0 Å². The molecule has 0 heterocycles. The van der Waals surface area contributed by atoms with Crippen molar-refractivity contribution in [2.24, 2.45) is 0 Å². The number of hydrogen-bond acceptors (Lipinski definition) is 2. The van der Waals surface area contributed by atoms with Crippen molar-refractivity contribution in [3.8, 4) is 0 Å². The van der Waals surface area contributed by atoms with E-state index in [4.69, 9.17) is 16.3 Å². The maximum absolute atomic E-state index is 12.0. The van der Waals surface area contributed by atoms with Crippen molar-refractivity contribution in [2.45, 2.75) is 18.9 Å². The highest BCUT2D eigenvalue weighted by molar-refractivity contribution is 6.31. The summed E-state index contributed by atoms with van der Waals surface area (Å²) in [6.45, 7) is 0.416. The minimum atomic E-state index is -0.106. The summed E-state index contributed by atoms with van der Waals surface area (Å²) in [5, 5.41) is 3.78. The summed E-state index contributed by atoms with van der Waals surface area (Å²) in [5.41, 5.74) is 2.08. The Morgan fingerprint density at radius 3 is 2.50 bits per heavy atom. The molecule has 3 nitrogen and oxygen atoms in total. The minimum Gasteiger partial charge on any atom is -0.384 e. The van der Waals surface area contributed by atoms with Crippen molar-refractivity contribution < 1.29 is 9.53 Å². The van der Waals surface area contributed by atoms with Gasteiger partial charge in [0.15, 0.2) is 0 Å². The molecule has 116 valence electrons. The van der Waals surface area contributed by atoms with Crippen LogP contribution in [0.2, 0.25) is 5.02 Å². The van der Waals surface area contributed by atoms with E-state index in [1.807, 2.05) is 54.6 Å². The van der Waals surface area contributed by atoms with Gasteiger partial charge in [0.2, 0.25) is 5.91 Å². The Morgan fingerprint density at radius 2 is 1.82 bits per heavy atom. The maximum atomic E-state index is 12.0. The quantitative estimate of drug-likeness (QED) is 0.844. The minimum absolute atomic E-state index is 0.0252. The maximum Gasteiger partial charge on any atom is 0.222 e. The van der Waals surface area contributed by atoms with Crippen molar-refractivity contribution in [2.75, 3.05) is 13.7 Å². The van der Waals surface area contributed by atoms with Crippen molar-refractivity contribution in [3.63, 3.8) is 0 Å². The molecule has 0 aliphatic heterocycles. The summed E-state index contributed by atoms with van der Waals surface area (Å²) in [6.07, 6.45) is 1.00. The van der Waals surface area contributed by atoms with Crippen molar-refractivity contribution >= 4 is 17.5 Å². The largest absolute Gasteiger partial charge is 0.384 e. The molecule has 22 heavy (non-hydrogen) atoms. The predicted molar refractivity (Wildman–Crippen MR) is 89.0 cm³/mol. The van der Waals surface area contributed by atoms with Gasteiger partial charge in [-0.05, 0) is 23.6 Å². The van der Waals surface area contributed by atoms with E-state index in [0.29, 0.717) is 19.4 Å². The van der Waals surface area contributed by atoms with E-state index in [2.05, 4.69) is 5.32 Å². The first-order valence-corrected chi connectivity index (χ1v) is 7.65. The molecule has 0 bridgehead atoms. The average Bonchev–Trinajstić information content (AvgIpc) is 2.55. The van der Waals surface area contributed by atoms with Gasteiger partial charge in [-0.15, -0.1) is 0 Å². The summed E-state index contributed by atoms with van der Waals surface area (Å²) in [7, 11) is 1.59. The Kier molecular flexibility index (Phi) is 6.44. The predicted octanol–water partition coefficient (Wildman–Crippen LogP) is 3.78. The summed E-state index contributed by atoms with van der Waals surface area (Å²) >= 11 is 6.24. The number of carbonyl (C=O) groups is 1. The van der Waals surface area contributed by atoms with Crippen molar-refractivity contribution in [3.05, 3.63) is 70.7 Å². The summed E-state index contributed by atoms with van der Waals surface area (Å²) in [4.78, 5) is 12.0. The highest BCUT2D eigenvalue weighted by atomic mass is 35.5. The Morgan fingerprint density at radius 1 is 1.14 bits per heavy atom. The molecule has 0 spiro atoms. The van der Waals surface area contributed by atoms with Gasteiger partial charge in [0.1, 0.15) is 0 Å². The van der Waals surface area contributed by atoms with Gasteiger partial charge in [0, 0.05) is 18.6 Å². The molecule has 1 N–H and O–H groups in total. The molecule has 4 heteroatoms. The van der Waals surface area contributed by atoms with E-state index in [9.17, 15) is 4.79 Å². The van der Waals surface area contributed by atoms with Gasteiger partial charge in [0.05, 0.1) is 12.6 Å². The lowest BCUT2D eigenvalue weighted by molar-refractivity contribution is -0.122. The molecule has 2 rings (SSSR count). The monoisotopic (exact) mass is 317 g/mol. The fourth-order valence-electron chi connectivity index (χ4n) is 2.28. The zero-order valence-electron chi connectivity index (χ0n) is 12.6. The fraction of sp³-hybridized carbons (Fsp3) is 0.278. The van der Waals surface area contributed by atoms with E-state index in [1.54, 1.807) is 7.11 Å². The van der Waals surface area contributed by atoms with Gasteiger partial charge in [-0.2, -0.15) is 0 Å². The second-order valence-electron chi connectivity index (χ2n) is 5.07. The van der Waals surface area contributed by atoms with Crippen molar-refractivity contribution in [1.29, 1.82) is 0 Å². The van der Waals surface area contributed by atoms with Crippen LogP contribution in [-0.4, -0.2) is 19.6 Å². The third kappa shape index (κ3) is 4.86. The van der Waals surface area contributed by atoms with Crippen LogP contribution in [0, 0.1) is 0 Å². The zero-order chi connectivity index (χ0) is 15.8. The smallest absolute Gasteiger partial charge is 0.222 e. The third-order valence-electron chi connectivity index (χ3n) is 3.45. The van der Waals surface area contributed by atoms with Crippen LogP contribution in [0.4, 0.5) is 0 Å². The van der Waals surface area contributed by atoms with Gasteiger partial charge in [0.25, 0.3) is 0 Å². The van der Waals surface area contributed by atoms with Crippen LogP contribution < -0.4 is 5.32 Å². The molecule has 0 saturated heterocycles. The number of amides is 1. The Hall–Kier alpha value is -1.84. The van der Waals surface area contributed by atoms with E-state index < -0.39 is 0 Å². The SMILES string of the molecule is COCCC(=O)NC(Cc1ccccc1Cl)c1ccccc1. The second kappa shape index (κ2) is 8.57. The lowest BCUT2D eigenvalue weighted by atomic mass is 9.98. The fourth-order valence-corrected chi connectivity index (χ4v) is 2.50. The number of hydrogen-bond donors (Lipinski definition) is 1. The Balaban J connectivity index is 2.15. The van der Waals surface area contributed by atoms with E-state index in [0.717, 1.165) is 16.1 Å². The Labute approximate surface area is 136 Å². The van der Waals surface area contributed by atoms with Crippen LogP contribution in [0.1, 0.15) is 23.6 Å². The second-order valence-corrected chi connectivity index (χ2v) is 5.48. The molecular formula is C18H20ClNO2. The lowest BCUT2D eigenvalue weighted by Gasteiger charge is -2.20. The molecular weight excluding hydrogens is 298 g/mol. The first kappa shape index (κ1) is 16.5. The normalized spacial score (nSPS) is 11.9. The number of carbonyl (C=O) groups excluding carboxylic acids is 1. The number of halogens is 1. The summed E-state index contributed by atoms with van der Waals surface area (Å²) < 4.78 is 4.96. The number of benzene rings is 2. The standard InChI is InChI=1S/C18H20ClNO2/c1-22-12-11-18(21)20-17(14-7-3-2-4-8-14)13-15-9-5-6-10-16(15)19/h2-10,17H,11-13H2,1H3,(H,20,21). The third-order valence-corrected chi connectivity index (χ3v) is 3.82. The van der Waals surface area contributed by atoms with Crippen LogP contribution in [0.25, 0.3) is 0 Å². The number of ether oxygens (including phenoxy) is 1. The first-order chi connectivity index (χ1) is 10.7. The van der Waals surface area contributed by atoms with Gasteiger partial charge in [-0.25, -0.2) is 0 Å². The van der Waals surface area contributed by atoms with E-state index in [-0.39, 0.29) is 11.9 Å². The van der Waals surface area contributed by atoms with Gasteiger partial charge in [-0.1, -0.05) is 60.1 Å². The molecule has 0 aliphatic carbocycles. The number of nitrogens with one attached hydrogen (secondary N) is 1. The highest BCUT2D eigenvalue weighted by Crippen LogP contribution is 2.23. The topological polar surface area (TPSA) is 38.3 Å². The molecule has 1 amide bonds. The van der Waals surface area contributed by atoms with E-state index >= 15 is 0 Å². The van der Waals surface area contributed by atoms with Crippen LogP contribution in [0.15, 0.2) is 54.6 Å². The number of rotatable bonds is 7. The van der Waals surface area contributed by atoms with Gasteiger partial charge >= 0.3 is 0 Å². The molecule has 2 aromatic carbocycles. The molecule has 0 saturated carbocycles. The molecule has 1 unspecified atom stereocenters. The zero-order valence-corrected chi connectivity index (χ0v) is 13.3. The van der Waals surface area contributed by atoms with Crippen molar-refractivity contribution in [1.82, 2.24) is 5.32 Å². The van der Waals surface area contributed by atoms with Gasteiger partial charge < -0.3 is 10.1 Å². The van der Waals surface area contributed by atoms with Crippen LogP contribution >= 0.6 is 11.6 Å².